The second-order valence-electron chi connectivity index (χ2n) is 6.16. The van der Waals surface area contributed by atoms with Gasteiger partial charge in [0.2, 0.25) is 5.91 Å². The number of carbonyl (C=O) groups is 1. The average molecular weight is 367 g/mol. The molecule has 1 amide bonds. The molecule has 4 rings (SSSR count). The van der Waals surface area contributed by atoms with E-state index < -0.39 is 23.1 Å². The molecule has 27 heavy (non-hydrogen) atoms. The lowest BCUT2D eigenvalue weighted by atomic mass is 10.2. The SMILES string of the molecule is O=C(Cn1c(=O)c2cccn2c2ccc(F)cc21)NCc1ccccc1F. The normalized spacial score (nSPS) is 11.2. The number of carbonyl (C=O) groups excluding carboxylic acids is 1. The van der Waals surface area contributed by atoms with Crippen molar-refractivity contribution in [1.82, 2.24) is 14.3 Å². The minimum Gasteiger partial charge on any atom is -0.350 e. The van der Waals surface area contributed by atoms with Crippen molar-refractivity contribution in [3.05, 3.63) is 88.3 Å². The van der Waals surface area contributed by atoms with Crippen molar-refractivity contribution in [2.24, 2.45) is 0 Å². The highest BCUT2D eigenvalue weighted by Crippen LogP contribution is 2.16. The molecule has 136 valence electrons. The molecule has 0 saturated heterocycles. The van der Waals surface area contributed by atoms with Crippen molar-refractivity contribution in [3.63, 3.8) is 0 Å². The van der Waals surface area contributed by atoms with Crippen LogP contribution < -0.4 is 10.9 Å². The molecule has 0 spiro atoms. The van der Waals surface area contributed by atoms with Gasteiger partial charge in [0.25, 0.3) is 5.56 Å². The zero-order valence-corrected chi connectivity index (χ0v) is 14.2. The van der Waals surface area contributed by atoms with Gasteiger partial charge in [-0.2, -0.15) is 0 Å². The molecule has 0 fully saturated rings. The maximum absolute atomic E-state index is 13.8. The maximum atomic E-state index is 13.8. The number of rotatable bonds is 4. The topological polar surface area (TPSA) is 55.5 Å². The summed E-state index contributed by atoms with van der Waals surface area (Å²) in [6.45, 7) is -0.297. The van der Waals surface area contributed by atoms with Crippen LogP contribution in [0.5, 0.6) is 0 Å². The monoisotopic (exact) mass is 367 g/mol. The van der Waals surface area contributed by atoms with Gasteiger partial charge in [-0.25, -0.2) is 8.78 Å². The van der Waals surface area contributed by atoms with E-state index in [1.54, 1.807) is 47.0 Å². The molecule has 0 aliphatic rings. The zero-order chi connectivity index (χ0) is 19.0. The van der Waals surface area contributed by atoms with Crippen LogP contribution in [0.25, 0.3) is 16.6 Å². The number of benzene rings is 2. The molecular formula is C20H15F2N3O2. The molecule has 4 aromatic rings. The number of aromatic nitrogens is 2. The lowest BCUT2D eigenvalue weighted by molar-refractivity contribution is -0.121. The van der Waals surface area contributed by atoms with Gasteiger partial charge in [0.15, 0.2) is 0 Å². The van der Waals surface area contributed by atoms with Gasteiger partial charge >= 0.3 is 0 Å². The predicted molar refractivity (Wildman–Crippen MR) is 97.4 cm³/mol. The van der Waals surface area contributed by atoms with Gasteiger partial charge in [0, 0.05) is 18.3 Å². The van der Waals surface area contributed by atoms with Crippen molar-refractivity contribution >= 4 is 22.5 Å². The van der Waals surface area contributed by atoms with Crippen LogP contribution in [-0.2, 0) is 17.9 Å². The van der Waals surface area contributed by atoms with E-state index in [0.717, 1.165) is 0 Å². The summed E-state index contributed by atoms with van der Waals surface area (Å²) in [6.07, 6.45) is 1.71. The second-order valence-corrected chi connectivity index (χ2v) is 6.16. The molecule has 2 aromatic heterocycles. The van der Waals surface area contributed by atoms with Crippen LogP contribution in [0.3, 0.4) is 0 Å². The van der Waals surface area contributed by atoms with E-state index in [0.29, 0.717) is 22.1 Å². The Morgan fingerprint density at radius 3 is 2.59 bits per heavy atom. The minimum absolute atomic E-state index is 0.0000773. The third kappa shape index (κ3) is 3.08. The van der Waals surface area contributed by atoms with E-state index in [1.807, 2.05) is 0 Å². The molecule has 0 radical (unpaired) electrons. The molecule has 0 bridgehead atoms. The molecule has 5 nitrogen and oxygen atoms in total. The Hall–Kier alpha value is -3.48. The third-order valence-electron chi connectivity index (χ3n) is 4.44. The molecule has 2 heterocycles. The van der Waals surface area contributed by atoms with Gasteiger partial charge in [0.1, 0.15) is 23.7 Å². The third-order valence-corrected chi connectivity index (χ3v) is 4.44. The van der Waals surface area contributed by atoms with E-state index in [4.69, 9.17) is 0 Å². The largest absolute Gasteiger partial charge is 0.350 e. The van der Waals surface area contributed by atoms with E-state index >= 15 is 0 Å². The van der Waals surface area contributed by atoms with Crippen LogP contribution in [0, 0.1) is 11.6 Å². The minimum atomic E-state index is -0.506. The van der Waals surface area contributed by atoms with Crippen molar-refractivity contribution in [2.75, 3.05) is 0 Å². The van der Waals surface area contributed by atoms with Crippen LogP contribution >= 0.6 is 0 Å². The average Bonchev–Trinajstić information content (AvgIpc) is 3.14. The fraction of sp³-hybridized carbons (Fsp3) is 0.100. The summed E-state index contributed by atoms with van der Waals surface area (Å²) >= 11 is 0. The number of nitrogens with zero attached hydrogens (tertiary/aromatic N) is 2. The fourth-order valence-electron chi connectivity index (χ4n) is 3.12. The number of amides is 1. The summed E-state index contributed by atoms with van der Waals surface area (Å²) < 4.78 is 30.3. The summed E-state index contributed by atoms with van der Waals surface area (Å²) in [5.74, 6) is -1.40. The number of hydrogen-bond acceptors (Lipinski definition) is 2. The Balaban J connectivity index is 1.69. The Morgan fingerprint density at radius 2 is 1.78 bits per heavy atom. The van der Waals surface area contributed by atoms with Crippen molar-refractivity contribution < 1.29 is 13.6 Å². The Bertz CT molecular complexity index is 1230. The Labute approximate surface area is 152 Å². The van der Waals surface area contributed by atoms with Crippen LogP contribution in [-0.4, -0.2) is 14.9 Å². The summed E-state index contributed by atoms with van der Waals surface area (Å²) in [5, 5.41) is 2.60. The summed E-state index contributed by atoms with van der Waals surface area (Å²) in [7, 11) is 0. The van der Waals surface area contributed by atoms with Crippen LogP contribution in [0.1, 0.15) is 5.56 Å². The zero-order valence-electron chi connectivity index (χ0n) is 14.2. The lowest BCUT2D eigenvalue weighted by Gasteiger charge is -2.13. The highest BCUT2D eigenvalue weighted by atomic mass is 19.1. The number of halogens is 2. The molecule has 2 aromatic carbocycles. The van der Waals surface area contributed by atoms with Crippen molar-refractivity contribution in [2.45, 2.75) is 13.1 Å². The van der Waals surface area contributed by atoms with E-state index in [2.05, 4.69) is 5.32 Å². The van der Waals surface area contributed by atoms with Gasteiger partial charge in [-0.1, -0.05) is 18.2 Å². The summed E-state index contributed by atoms with van der Waals surface area (Å²) in [6, 6.07) is 13.5. The van der Waals surface area contributed by atoms with Crippen LogP contribution in [0.2, 0.25) is 0 Å². The van der Waals surface area contributed by atoms with Gasteiger partial charge in [-0.15, -0.1) is 0 Å². The van der Waals surface area contributed by atoms with Gasteiger partial charge in [0.05, 0.1) is 11.0 Å². The Kier molecular flexibility index (Phi) is 4.19. The Morgan fingerprint density at radius 1 is 0.963 bits per heavy atom. The number of nitrogens with one attached hydrogen (secondary N) is 1. The first kappa shape index (κ1) is 17.0. The standard InChI is InChI=1S/C20H15F2N3O2/c21-14-7-8-16-18(10-14)25(20(27)17-6-3-9-24(16)17)12-19(26)23-11-13-4-1-2-5-15(13)22/h1-10H,11-12H2,(H,23,26). The maximum Gasteiger partial charge on any atom is 0.275 e. The second kappa shape index (κ2) is 6.68. The fourth-order valence-corrected chi connectivity index (χ4v) is 3.12. The molecule has 0 saturated carbocycles. The molecular weight excluding hydrogens is 352 g/mol. The molecule has 0 unspecified atom stereocenters. The van der Waals surface area contributed by atoms with Gasteiger partial charge in [-0.3, -0.25) is 14.2 Å². The van der Waals surface area contributed by atoms with E-state index in [1.165, 1.54) is 22.8 Å². The van der Waals surface area contributed by atoms with Gasteiger partial charge in [-0.05, 0) is 36.4 Å². The van der Waals surface area contributed by atoms with Crippen LogP contribution in [0.4, 0.5) is 8.78 Å². The first-order valence-electron chi connectivity index (χ1n) is 8.34. The smallest absolute Gasteiger partial charge is 0.275 e. The van der Waals surface area contributed by atoms with E-state index in [9.17, 15) is 18.4 Å². The highest BCUT2D eigenvalue weighted by Gasteiger charge is 2.14. The molecule has 0 aliphatic heterocycles. The first-order valence-corrected chi connectivity index (χ1v) is 8.34. The van der Waals surface area contributed by atoms with Crippen molar-refractivity contribution in [3.8, 4) is 0 Å². The van der Waals surface area contributed by atoms with E-state index in [-0.39, 0.29) is 13.1 Å². The molecule has 0 aliphatic carbocycles. The number of fused-ring (bicyclic) bond motifs is 3. The molecule has 1 N–H and O–H groups in total. The number of hydrogen-bond donors (Lipinski definition) is 1. The van der Waals surface area contributed by atoms with Crippen molar-refractivity contribution in [1.29, 1.82) is 0 Å². The predicted octanol–water partition coefficient (Wildman–Crippen LogP) is 2.85. The van der Waals surface area contributed by atoms with Gasteiger partial charge < -0.3 is 9.72 Å². The summed E-state index contributed by atoms with van der Waals surface area (Å²) in [4.78, 5) is 25.1. The molecule has 0 atom stereocenters. The lowest BCUT2D eigenvalue weighted by Crippen LogP contribution is -2.33. The van der Waals surface area contributed by atoms with Crippen LogP contribution in [0.15, 0.2) is 65.6 Å². The quantitative estimate of drug-likeness (QED) is 0.603. The highest BCUT2D eigenvalue weighted by molar-refractivity contribution is 5.82. The molecule has 7 heteroatoms. The first-order chi connectivity index (χ1) is 13.0. The summed E-state index contributed by atoms with van der Waals surface area (Å²) in [5.41, 5.74) is 1.24.